The fraction of sp³-hybridized carbons (Fsp3) is 0.118. The second kappa shape index (κ2) is 6.91. The maximum Gasteiger partial charge on any atom is 0.325 e. The predicted molar refractivity (Wildman–Crippen MR) is 88.7 cm³/mol. The van der Waals surface area contributed by atoms with Crippen molar-refractivity contribution in [2.24, 2.45) is 10.2 Å². The van der Waals surface area contributed by atoms with Crippen LogP contribution in [0, 0.1) is 0 Å². The zero-order valence-electron chi connectivity index (χ0n) is 13.3. The molecule has 2 heterocycles. The number of aromatic hydroxyl groups is 1. The van der Waals surface area contributed by atoms with Crippen molar-refractivity contribution in [1.29, 1.82) is 0 Å². The van der Waals surface area contributed by atoms with Gasteiger partial charge in [0.15, 0.2) is 5.69 Å². The highest BCUT2D eigenvalue weighted by molar-refractivity contribution is 5.97. The van der Waals surface area contributed by atoms with Crippen molar-refractivity contribution in [1.82, 2.24) is 9.55 Å². The molecule has 0 radical (unpaired) electrons. The van der Waals surface area contributed by atoms with E-state index in [1.54, 1.807) is 42.6 Å². The summed E-state index contributed by atoms with van der Waals surface area (Å²) >= 11 is 0. The van der Waals surface area contributed by atoms with Gasteiger partial charge in [0, 0.05) is 17.8 Å². The van der Waals surface area contributed by atoms with Crippen molar-refractivity contribution >= 4 is 28.5 Å². The van der Waals surface area contributed by atoms with E-state index in [-0.39, 0.29) is 23.7 Å². The molecule has 0 saturated carbocycles. The van der Waals surface area contributed by atoms with Crippen LogP contribution in [0.2, 0.25) is 0 Å². The number of rotatable bonds is 4. The molecular formula is C17H14N4O4. The third kappa shape index (κ3) is 3.23. The number of hydrogen-bond acceptors (Lipinski definition) is 6. The number of carbonyl (C=O) groups excluding carboxylic acids is 2. The Balaban J connectivity index is 2.01. The lowest BCUT2D eigenvalue weighted by Crippen LogP contribution is -2.10. The van der Waals surface area contributed by atoms with Gasteiger partial charge in [0.2, 0.25) is 5.88 Å². The van der Waals surface area contributed by atoms with E-state index in [4.69, 9.17) is 0 Å². The van der Waals surface area contributed by atoms with Gasteiger partial charge in [-0.15, -0.1) is 10.2 Å². The van der Waals surface area contributed by atoms with Crippen molar-refractivity contribution in [2.45, 2.75) is 6.54 Å². The summed E-state index contributed by atoms with van der Waals surface area (Å²) in [6, 6.07) is 10.1. The van der Waals surface area contributed by atoms with Crippen LogP contribution in [0.1, 0.15) is 10.4 Å². The average molecular weight is 338 g/mol. The topological polar surface area (TPSA) is 106 Å². The van der Waals surface area contributed by atoms with Gasteiger partial charge in [-0.05, 0) is 18.2 Å². The Hall–Kier alpha value is -3.55. The van der Waals surface area contributed by atoms with Crippen LogP contribution < -0.4 is 0 Å². The van der Waals surface area contributed by atoms with E-state index in [0.717, 1.165) is 0 Å². The Morgan fingerprint density at radius 2 is 2.04 bits per heavy atom. The monoisotopic (exact) mass is 338 g/mol. The minimum absolute atomic E-state index is 0.108. The van der Waals surface area contributed by atoms with Crippen LogP contribution in [-0.4, -0.2) is 33.6 Å². The molecule has 8 heteroatoms. The van der Waals surface area contributed by atoms with E-state index in [1.165, 1.54) is 17.9 Å². The van der Waals surface area contributed by atoms with Crippen molar-refractivity contribution < 1.29 is 19.4 Å². The summed E-state index contributed by atoms with van der Waals surface area (Å²) in [6.07, 6.45) is 2.92. The maximum absolute atomic E-state index is 12.0. The zero-order chi connectivity index (χ0) is 17.8. The highest BCUT2D eigenvalue weighted by atomic mass is 16.5. The fourth-order valence-electron chi connectivity index (χ4n) is 2.37. The highest BCUT2D eigenvalue weighted by Crippen LogP contribution is 2.38. The second-order valence-corrected chi connectivity index (χ2v) is 5.10. The summed E-state index contributed by atoms with van der Waals surface area (Å²) in [4.78, 5) is 27.4. The molecule has 0 unspecified atom stereocenters. The Morgan fingerprint density at radius 3 is 2.76 bits per heavy atom. The Morgan fingerprint density at radius 1 is 1.24 bits per heavy atom. The number of amides is 1. The first-order valence-electron chi connectivity index (χ1n) is 7.35. The highest BCUT2D eigenvalue weighted by Gasteiger charge is 2.19. The smallest absolute Gasteiger partial charge is 0.325 e. The normalized spacial score (nSPS) is 11.1. The van der Waals surface area contributed by atoms with E-state index in [0.29, 0.717) is 10.9 Å². The molecule has 0 atom stereocenters. The van der Waals surface area contributed by atoms with Gasteiger partial charge in [0.05, 0.1) is 18.2 Å². The van der Waals surface area contributed by atoms with Crippen molar-refractivity contribution in [3.8, 4) is 5.88 Å². The number of pyridine rings is 1. The van der Waals surface area contributed by atoms with Crippen LogP contribution in [-0.2, 0) is 16.1 Å². The average Bonchev–Trinajstić information content (AvgIpc) is 2.92. The molecule has 2 aromatic heterocycles. The Kier molecular flexibility index (Phi) is 4.51. The molecule has 0 fully saturated rings. The number of methoxy groups -OCH3 is 1. The third-order valence-corrected chi connectivity index (χ3v) is 3.58. The minimum atomic E-state index is -0.586. The molecule has 0 aliphatic carbocycles. The van der Waals surface area contributed by atoms with Crippen LogP contribution in [0.4, 0.5) is 5.69 Å². The number of fused-ring (bicyclic) bond motifs is 1. The van der Waals surface area contributed by atoms with E-state index < -0.39 is 11.9 Å². The van der Waals surface area contributed by atoms with Crippen LogP contribution in [0.25, 0.3) is 10.9 Å². The molecule has 0 aliphatic rings. The lowest BCUT2D eigenvalue weighted by atomic mass is 10.2. The van der Waals surface area contributed by atoms with E-state index in [2.05, 4.69) is 19.9 Å². The van der Waals surface area contributed by atoms with Gasteiger partial charge >= 0.3 is 5.97 Å². The number of azo groups is 1. The number of hydrogen-bond donors (Lipinski definition) is 1. The molecule has 3 rings (SSSR count). The largest absolute Gasteiger partial charge is 0.493 e. The summed E-state index contributed by atoms with van der Waals surface area (Å²) in [7, 11) is 1.26. The predicted octanol–water partition coefficient (Wildman–Crippen LogP) is 2.84. The number of esters is 1. The minimum Gasteiger partial charge on any atom is -0.493 e. The van der Waals surface area contributed by atoms with Gasteiger partial charge in [-0.25, -0.2) is 0 Å². The number of nitrogens with zero attached hydrogens (tertiary/aromatic N) is 4. The third-order valence-electron chi connectivity index (χ3n) is 3.58. The molecule has 1 N–H and O–H groups in total. The number of benzene rings is 1. The van der Waals surface area contributed by atoms with Gasteiger partial charge in [-0.1, -0.05) is 18.2 Å². The summed E-state index contributed by atoms with van der Waals surface area (Å²) in [5, 5.41) is 18.5. The van der Waals surface area contributed by atoms with Crippen molar-refractivity contribution in [3.63, 3.8) is 0 Å². The summed E-state index contributed by atoms with van der Waals surface area (Å²) < 4.78 is 5.99. The molecular weight excluding hydrogens is 324 g/mol. The van der Waals surface area contributed by atoms with Gasteiger partial charge in [-0.2, -0.15) is 0 Å². The molecule has 1 aromatic carbocycles. The van der Waals surface area contributed by atoms with Gasteiger partial charge in [-0.3, -0.25) is 19.1 Å². The first kappa shape index (κ1) is 16.3. The number of para-hydroxylation sites is 1. The molecule has 3 aromatic rings. The van der Waals surface area contributed by atoms with Crippen LogP contribution in [0.15, 0.2) is 59.0 Å². The maximum atomic E-state index is 12.0. The lowest BCUT2D eigenvalue weighted by molar-refractivity contribution is -0.141. The van der Waals surface area contributed by atoms with E-state index in [9.17, 15) is 14.7 Å². The van der Waals surface area contributed by atoms with E-state index >= 15 is 0 Å². The fourth-order valence-corrected chi connectivity index (χ4v) is 2.37. The zero-order valence-corrected chi connectivity index (χ0v) is 13.3. The summed E-state index contributed by atoms with van der Waals surface area (Å²) in [5.41, 5.74) is 0.967. The molecule has 126 valence electrons. The Bertz CT molecular complexity index is 963. The number of aromatic nitrogens is 2. The van der Waals surface area contributed by atoms with Crippen molar-refractivity contribution in [2.75, 3.05) is 7.11 Å². The molecule has 0 saturated heterocycles. The van der Waals surface area contributed by atoms with Gasteiger partial charge < -0.3 is 9.84 Å². The molecule has 0 bridgehead atoms. The van der Waals surface area contributed by atoms with Crippen LogP contribution in [0.5, 0.6) is 5.88 Å². The molecule has 8 nitrogen and oxygen atoms in total. The SMILES string of the molecule is COC(=O)Cn1c(O)c(N=NC(=O)c2cccnc2)c2ccccc21. The molecule has 0 aliphatic heterocycles. The standard InChI is InChI=1S/C17H14N4O4/c1-25-14(22)10-21-13-7-3-2-6-12(13)15(17(21)24)19-20-16(23)11-5-4-8-18-9-11/h2-9,24H,10H2,1H3. The number of ether oxygens (including phenoxy) is 1. The van der Waals surface area contributed by atoms with Crippen LogP contribution >= 0.6 is 0 Å². The molecule has 0 spiro atoms. The Labute approximate surface area is 142 Å². The van der Waals surface area contributed by atoms with Gasteiger partial charge in [0.25, 0.3) is 5.91 Å². The lowest BCUT2D eigenvalue weighted by Gasteiger charge is -2.04. The van der Waals surface area contributed by atoms with E-state index in [1.807, 2.05) is 0 Å². The quantitative estimate of drug-likeness (QED) is 0.581. The molecule has 25 heavy (non-hydrogen) atoms. The number of carbonyl (C=O) groups is 2. The molecule has 1 amide bonds. The van der Waals surface area contributed by atoms with Crippen molar-refractivity contribution in [3.05, 3.63) is 54.4 Å². The van der Waals surface area contributed by atoms with Crippen LogP contribution in [0.3, 0.4) is 0 Å². The first-order valence-corrected chi connectivity index (χ1v) is 7.35. The second-order valence-electron chi connectivity index (χ2n) is 5.10. The summed E-state index contributed by atoms with van der Waals surface area (Å²) in [6.45, 7) is -0.186. The van der Waals surface area contributed by atoms with Gasteiger partial charge in [0.1, 0.15) is 6.54 Å². The first-order chi connectivity index (χ1) is 12.1. The summed E-state index contributed by atoms with van der Waals surface area (Å²) in [5.74, 6) is -1.38.